The van der Waals surface area contributed by atoms with E-state index in [1.54, 1.807) is 16.4 Å². The highest BCUT2D eigenvalue weighted by Crippen LogP contribution is 2.30. The Balaban J connectivity index is 0.00000324. The molecular weight excluding hydrogens is 491 g/mol. The fourth-order valence-electron chi connectivity index (χ4n) is 4.54. The van der Waals surface area contributed by atoms with Gasteiger partial charge in [0.15, 0.2) is 0 Å². The standard InChI is InChI=1S/C25H33ClN4O2S.ClH/c1-24(2,3)20-8-10-21(11-9-20)33(31,32)30-16-12-25(13-17-30)23(27-14-15-29-25)28-18-19-6-4-5-7-22(19)26;/h4-11,29H,12-18H2,1-3H3,(H,27,28);1H. The molecule has 1 fully saturated rings. The Morgan fingerprint density at radius 2 is 1.74 bits per heavy atom. The Morgan fingerprint density at radius 3 is 2.35 bits per heavy atom. The molecule has 2 aliphatic heterocycles. The number of sulfonamides is 1. The van der Waals surface area contributed by atoms with Gasteiger partial charge in [-0.05, 0) is 47.6 Å². The lowest BCUT2D eigenvalue weighted by Gasteiger charge is -2.44. The molecule has 0 radical (unpaired) electrons. The largest absolute Gasteiger partial charge is 0.368 e. The molecule has 4 rings (SSSR count). The number of halogens is 2. The van der Waals surface area contributed by atoms with Crippen LogP contribution in [-0.4, -0.2) is 50.3 Å². The molecule has 0 unspecified atom stereocenters. The summed E-state index contributed by atoms with van der Waals surface area (Å²) in [6.07, 6.45) is 1.33. The zero-order valence-electron chi connectivity index (χ0n) is 20.0. The van der Waals surface area contributed by atoms with E-state index in [-0.39, 0.29) is 23.4 Å². The van der Waals surface area contributed by atoms with Crippen molar-refractivity contribution in [2.75, 3.05) is 26.2 Å². The lowest BCUT2D eigenvalue weighted by molar-refractivity contribution is 0.241. The summed E-state index contributed by atoms with van der Waals surface area (Å²) in [4.78, 5) is 5.12. The van der Waals surface area contributed by atoms with Crippen molar-refractivity contribution in [3.8, 4) is 0 Å². The van der Waals surface area contributed by atoms with E-state index in [2.05, 4.69) is 31.4 Å². The maximum atomic E-state index is 13.3. The van der Waals surface area contributed by atoms with Crippen molar-refractivity contribution in [2.24, 2.45) is 4.99 Å². The SMILES string of the molecule is CC(C)(C)c1ccc(S(=O)(=O)N2CCC3(CC2)NCCN=C3NCc2ccccc2Cl)cc1.Cl. The molecule has 0 amide bonds. The summed E-state index contributed by atoms with van der Waals surface area (Å²) in [7, 11) is -3.53. The van der Waals surface area contributed by atoms with Crippen molar-refractivity contribution >= 4 is 39.9 Å². The van der Waals surface area contributed by atoms with E-state index in [4.69, 9.17) is 16.6 Å². The summed E-state index contributed by atoms with van der Waals surface area (Å²) in [5.74, 6) is 0.903. The van der Waals surface area contributed by atoms with Gasteiger partial charge >= 0.3 is 0 Å². The summed E-state index contributed by atoms with van der Waals surface area (Å²) in [6.45, 7) is 9.34. The first-order valence-electron chi connectivity index (χ1n) is 11.5. The van der Waals surface area contributed by atoms with Crippen LogP contribution in [0.25, 0.3) is 0 Å². The van der Waals surface area contributed by atoms with Crippen LogP contribution < -0.4 is 10.6 Å². The number of nitrogens with zero attached hydrogens (tertiary/aromatic N) is 2. The number of benzene rings is 2. The van der Waals surface area contributed by atoms with Crippen molar-refractivity contribution in [1.82, 2.24) is 14.9 Å². The van der Waals surface area contributed by atoms with Crippen molar-refractivity contribution < 1.29 is 8.42 Å². The van der Waals surface area contributed by atoms with Gasteiger partial charge in [0.25, 0.3) is 0 Å². The summed E-state index contributed by atoms with van der Waals surface area (Å²) in [5, 5.41) is 7.83. The summed E-state index contributed by atoms with van der Waals surface area (Å²) < 4.78 is 28.2. The molecule has 0 aromatic heterocycles. The number of hydrogen-bond donors (Lipinski definition) is 2. The molecule has 1 saturated heterocycles. The van der Waals surface area contributed by atoms with Gasteiger partial charge in [0.2, 0.25) is 10.0 Å². The zero-order chi connectivity index (χ0) is 23.7. The Bertz CT molecular complexity index is 1120. The Labute approximate surface area is 214 Å². The fraction of sp³-hybridized carbons (Fsp3) is 0.480. The van der Waals surface area contributed by atoms with E-state index in [0.29, 0.717) is 43.9 Å². The van der Waals surface area contributed by atoms with Crippen LogP contribution >= 0.6 is 24.0 Å². The molecule has 2 aromatic rings. The number of rotatable bonds is 4. The second-order valence-electron chi connectivity index (χ2n) is 9.86. The van der Waals surface area contributed by atoms with E-state index in [0.717, 1.165) is 28.5 Å². The third-order valence-corrected chi connectivity index (χ3v) is 8.92. The molecule has 0 atom stereocenters. The Hall–Kier alpha value is -1.64. The van der Waals surface area contributed by atoms with Crippen molar-refractivity contribution in [3.63, 3.8) is 0 Å². The third kappa shape index (κ3) is 5.60. The molecule has 2 aliphatic rings. The molecule has 186 valence electrons. The van der Waals surface area contributed by atoms with Crippen molar-refractivity contribution in [1.29, 1.82) is 0 Å². The second-order valence-corrected chi connectivity index (χ2v) is 12.2. The summed E-state index contributed by atoms with van der Waals surface area (Å²) in [6, 6.07) is 15.1. The number of piperidine rings is 1. The molecule has 0 saturated carbocycles. The van der Waals surface area contributed by atoms with Crippen molar-refractivity contribution in [3.05, 3.63) is 64.7 Å². The van der Waals surface area contributed by atoms with Gasteiger partial charge in [0.1, 0.15) is 5.84 Å². The minimum absolute atomic E-state index is 0. The molecule has 6 nitrogen and oxygen atoms in total. The molecule has 0 bridgehead atoms. The smallest absolute Gasteiger partial charge is 0.243 e. The monoisotopic (exact) mass is 524 g/mol. The lowest BCUT2D eigenvalue weighted by Crippen LogP contribution is -2.64. The fourth-order valence-corrected chi connectivity index (χ4v) is 6.19. The van der Waals surface area contributed by atoms with Crippen LogP contribution in [-0.2, 0) is 22.0 Å². The third-order valence-electron chi connectivity index (χ3n) is 6.64. The van der Waals surface area contributed by atoms with E-state index in [1.807, 2.05) is 36.4 Å². The molecule has 34 heavy (non-hydrogen) atoms. The van der Waals surface area contributed by atoms with Crippen LogP contribution in [0.5, 0.6) is 0 Å². The lowest BCUT2D eigenvalue weighted by atomic mass is 9.85. The number of amidine groups is 1. The minimum atomic E-state index is -3.53. The molecule has 1 spiro atoms. The Morgan fingerprint density at radius 1 is 1.09 bits per heavy atom. The van der Waals surface area contributed by atoms with Crippen molar-refractivity contribution in [2.45, 2.75) is 56.0 Å². The summed E-state index contributed by atoms with van der Waals surface area (Å²) >= 11 is 6.31. The second kappa shape index (κ2) is 10.5. The molecule has 9 heteroatoms. The maximum Gasteiger partial charge on any atom is 0.243 e. The number of aliphatic imine (C=N–C) groups is 1. The highest BCUT2D eigenvalue weighted by molar-refractivity contribution is 7.89. The van der Waals surface area contributed by atoms with Crippen LogP contribution in [0.3, 0.4) is 0 Å². The van der Waals surface area contributed by atoms with E-state index >= 15 is 0 Å². The van der Waals surface area contributed by atoms with Gasteiger partial charge in [0.05, 0.1) is 17.0 Å². The first-order valence-corrected chi connectivity index (χ1v) is 13.3. The predicted octanol–water partition coefficient (Wildman–Crippen LogP) is 4.37. The van der Waals surface area contributed by atoms with Gasteiger partial charge < -0.3 is 10.6 Å². The van der Waals surface area contributed by atoms with Gasteiger partial charge in [-0.25, -0.2) is 8.42 Å². The summed E-state index contributed by atoms with van der Waals surface area (Å²) in [5.41, 5.74) is 1.79. The van der Waals surface area contributed by atoms with Crippen LogP contribution in [0, 0.1) is 0 Å². The normalized spacial score (nSPS) is 18.8. The van der Waals surface area contributed by atoms with E-state index < -0.39 is 10.0 Å². The first-order chi connectivity index (χ1) is 15.6. The highest BCUT2D eigenvalue weighted by Gasteiger charge is 2.43. The molecular formula is C25H34Cl2N4O2S. The quantitative estimate of drug-likeness (QED) is 0.622. The first kappa shape index (κ1) is 27.0. The minimum Gasteiger partial charge on any atom is -0.368 e. The van der Waals surface area contributed by atoms with E-state index in [1.165, 1.54) is 0 Å². The number of hydrogen-bond acceptors (Lipinski definition) is 5. The molecule has 2 aromatic carbocycles. The van der Waals surface area contributed by atoms with Gasteiger partial charge in [0, 0.05) is 31.2 Å². The average molecular weight is 526 g/mol. The molecule has 0 aliphatic carbocycles. The Kier molecular flexibility index (Phi) is 8.36. The predicted molar refractivity (Wildman–Crippen MR) is 142 cm³/mol. The highest BCUT2D eigenvalue weighted by atomic mass is 35.5. The van der Waals surface area contributed by atoms with Crippen LogP contribution in [0.4, 0.5) is 0 Å². The topological polar surface area (TPSA) is 73.8 Å². The molecule has 2 heterocycles. The van der Waals surface area contributed by atoms with Crippen LogP contribution in [0.2, 0.25) is 5.02 Å². The van der Waals surface area contributed by atoms with Gasteiger partial charge in [-0.3, -0.25) is 4.99 Å². The van der Waals surface area contributed by atoms with Crippen LogP contribution in [0.15, 0.2) is 58.4 Å². The zero-order valence-corrected chi connectivity index (χ0v) is 22.4. The van der Waals surface area contributed by atoms with Crippen LogP contribution in [0.1, 0.15) is 44.7 Å². The van der Waals surface area contributed by atoms with Gasteiger partial charge in [-0.2, -0.15) is 4.31 Å². The number of nitrogens with one attached hydrogen (secondary N) is 2. The maximum absolute atomic E-state index is 13.3. The van der Waals surface area contributed by atoms with Gasteiger partial charge in [-0.1, -0.05) is 62.7 Å². The van der Waals surface area contributed by atoms with E-state index in [9.17, 15) is 8.42 Å². The van der Waals surface area contributed by atoms with Gasteiger partial charge in [-0.15, -0.1) is 12.4 Å². The average Bonchev–Trinajstić information content (AvgIpc) is 2.79. The molecule has 2 N–H and O–H groups in total.